The van der Waals surface area contributed by atoms with Gasteiger partial charge in [-0.1, -0.05) is 12.1 Å². The van der Waals surface area contributed by atoms with Gasteiger partial charge < -0.3 is 22.5 Å². The maximum Gasteiger partial charge on any atom is 0.0474 e. The van der Waals surface area contributed by atoms with E-state index in [-0.39, 0.29) is 12.4 Å². The van der Waals surface area contributed by atoms with Crippen molar-refractivity contribution in [3.05, 3.63) is 29.8 Å². The van der Waals surface area contributed by atoms with Gasteiger partial charge in [0.05, 0.1) is 0 Å². The largest absolute Gasteiger partial charge is 1.00 e. The van der Waals surface area contributed by atoms with Gasteiger partial charge in [0.1, 0.15) is 0 Å². The third-order valence-electron chi connectivity index (χ3n) is 2.19. The number of ether oxygens (including phenoxy) is 1. The number of methoxy groups -OCH3 is 1. The summed E-state index contributed by atoms with van der Waals surface area (Å²) in [6, 6.07) is 8.68. The van der Waals surface area contributed by atoms with Crippen LogP contribution in [0.5, 0.6) is 0 Å². The van der Waals surface area contributed by atoms with Gasteiger partial charge in [0.25, 0.3) is 0 Å². The fourth-order valence-corrected chi connectivity index (χ4v) is 1.73. The van der Waals surface area contributed by atoms with Crippen LogP contribution in [0, 0.1) is 0 Å². The highest BCUT2D eigenvalue weighted by Gasteiger charge is 1.93. The molecule has 0 aliphatic heterocycles. The predicted octanol–water partition coefficient (Wildman–Crippen LogP) is -0.461. The molecular weight excluding hydrogens is 242 g/mol. The summed E-state index contributed by atoms with van der Waals surface area (Å²) in [4.78, 5) is 1.32. The molecule has 1 rings (SSSR count). The van der Waals surface area contributed by atoms with Crippen LogP contribution in [0.4, 0.5) is 0 Å². The maximum absolute atomic E-state index is 4.98. The molecule has 0 aliphatic rings. The van der Waals surface area contributed by atoms with Gasteiger partial charge in [0.2, 0.25) is 0 Å². The Hall–Kier alpha value is -0.220. The lowest BCUT2D eigenvalue weighted by Crippen LogP contribution is -3.00. The highest BCUT2D eigenvalue weighted by molar-refractivity contribution is 7.98. The van der Waals surface area contributed by atoms with E-state index in [4.69, 9.17) is 4.74 Å². The maximum atomic E-state index is 4.98. The van der Waals surface area contributed by atoms with E-state index in [2.05, 4.69) is 35.8 Å². The number of hydrogen-bond acceptors (Lipinski definition) is 3. The zero-order chi connectivity index (χ0) is 10.9. The van der Waals surface area contributed by atoms with Crippen LogP contribution in [0.2, 0.25) is 0 Å². The van der Waals surface area contributed by atoms with Crippen molar-refractivity contribution in [1.82, 2.24) is 5.32 Å². The van der Waals surface area contributed by atoms with Crippen LogP contribution in [0.3, 0.4) is 0 Å². The van der Waals surface area contributed by atoms with Crippen molar-refractivity contribution in [2.45, 2.75) is 17.9 Å². The number of rotatable bonds is 7. The zero-order valence-electron chi connectivity index (χ0n) is 9.83. The van der Waals surface area contributed by atoms with Crippen LogP contribution in [0.15, 0.2) is 29.2 Å². The fourth-order valence-electron chi connectivity index (χ4n) is 1.32. The summed E-state index contributed by atoms with van der Waals surface area (Å²) in [5.74, 6) is 0. The van der Waals surface area contributed by atoms with Crippen LogP contribution in [0.1, 0.15) is 12.0 Å². The molecule has 0 bridgehead atoms. The average molecular weight is 261 g/mol. The fraction of sp³-hybridized carbons (Fsp3) is 0.500. The Kier molecular flexibility index (Phi) is 9.83. The van der Waals surface area contributed by atoms with Gasteiger partial charge in [-0.25, -0.2) is 0 Å². The van der Waals surface area contributed by atoms with E-state index >= 15 is 0 Å². The smallest absolute Gasteiger partial charge is 0.0474 e. The molecule has 1 aromatic carbocycles. The van der Waals surface area contributed by atoms with Crippen molar-refractivity contribution in [3.8, 4) is 0 Å². The molecule has 2 nitrogen and oxygen atoms in total. The zero-order valence-corrected chi connectivity index (χ0v) is 11.4. The van der Waals surface area contributed by atoms with Crippen LogP contribution >= 0.6 is 11.8 Å². The van der Waals surface area contributed by atoms with Gasteiger partial charge in [0.15, 0.2) is 0 Å². The van der Waals surface area contributed by atoms with Crippen LogP contribution in [-0.4, -0.2) is 26.5 Å². The van der Waals surface area contributed by atoms with Gasteiger partial charge in [-0.05, 0) is 36.9 Å². The van der Waals surface area contributed by atoms with Crippen molar-refractivity contribution in [2.24, 2.45) is 0 Å². The molecule has 0 saturated heterocycles. The summed E-state index contributed by atoms with van der Waals surface area (Å²) >= 11 is 1.78. The molecule has 16 heavy (non-hydrogen) atoms. The van der Waals surface area contributed by atoms with Crippen molar-refractivity contribution in [2.75, 3.05) is 26.5 Å². The number of nitrogens with one attached hydrogen (secondary N) is 1. The summed E-state index contributed by atoms with van der Waals surface area (Å²) in [6.45, 7) is 2.79. The molecule has 0 aliphatic carbocycles. The Morgan fingerprint density at radius 1 is 1.25 bits per heavy atom. The van der Waals surface area contributed by atoms with Crippen molar-refractivity contribution >= 4 is 11.8 Å². The summed E-state index contributed by atoms with van der Waals surface area (Å²) in [5, 5.41) is 3.39. The minimum absolute atomic E-state index is 0. The van der Waals surface area contributed by atoms with Gasteiger partial charge >= 0.3 is 0 Å². The summed E-state index contributed by atoms with van der Waals surface area (Å²) in [6.07, 6.45) is 3.16. The molecule has 1 aromatic rings. The van der Waals surface area contributed by atoms with Gasteiger partial charge in [-0.3, -0.25) is 0 Å². The minimum Gasteiger partial charge on any atom is -1.00 e. The lowest BCUT2D eigenvalue weighted by atomic mass is 10.2. The second-order valence-corrected chi connectivity index (χ2v) is 4.25. The first-order valence-corrected chi connectivity index (χ1v) is 6.42. The summed E-state index contributed by atoms with van der Waals surface area (Å²) < 4.78 is 4.98. The van der Waals surface area contributed by atoms with Crippen molar-refractivity contribution in [1.29, 1.82) is 0 Å². The SMILES string of the molecule is COCCCNCc1ccc(SC)cc1.[Cl-]. The average Bonchev–Trinajstić information content (AvgIpc) is 2.30. The lowest BCUT2D eigenvalue weighted by Gasteiger charge is -2.05. The highest BCUT2D eigenvalue weighted by Crippen LogP contribution is 2.14. The Morgan fingerprint density at radius 2 is 1.94 bits per heavy atom. The molecule has 0 unspecified atom stereocenters. The lowest BCUT2D eigenvalue weighted by molar-refractivity contribution is -0.00000355. The van der Waals surface area contributed by atoms with E-state index in [9.17, 15) is 0 Å². The molecule has 0 fully saturated rings. The third-order valence-corrected chi connectivity index (χ3v) is 2.93. The van der Waals surface area contributed by atoms with E-state index in [0.29, 0.717) is 0 Å². The number of hydrogen-bond donors (Lipinski definition) is 1. The molecule has 1 N–H and O–H groups in total. The molecular formula is C12H19ClNOS-. The van der Waals surface area contributed by atoms with E-state index < -0.39 is 0 Å². The number of benzene rings is 1. The Labute approximate surface area is 109 Å². The molecule has 4 heteroatoms. The first-order chi connectivity index (χ1) is 7.36. The molecule has 92 valence electrons. The Morgan fingerprint density at radius 3 is 2.50 bits per heavy atom. The summed E-state index contributed by atoms with van der Waals surface area (Å²) in [7, 11) is 1.74. The minimum atomic E-state index is 0. The van der Waals surface area contributed by atoms with Crippen LogP contribution in [-0.2, 0) is 11.3 Å². The van der Waals surface area contributed by atoms with Crippen LogP contribution in [0.25, 0.3) is 0 Å². The van der Waals surface area contributed by atoms with Gasteiger partial charge in [0, 0.05) is 25.2 Å². The van der Waals surface area contributed by atoms with Crippen molar-refractivity contribution < 1.29 is 17.1 Å². The normalized spacial score (nSPS) is 9.88. The van der Waals surface area contributed by atoms with E-state index in [0.717, 1.165) is 26.1 Å². The van der Waals surface area contributed by atoms with E-state index in [1.165, 1.54) is 10.5 Å². The second-order valence-electron chi connectivity index (χ2n) is 3.37. The molecule has 0 radical (unpaired) electrons. The standard InChI is InChI=1S/C12H19NOS.ClH/c1-14-9-3-8-13-10-11-4-6-12(15-2)7-5-11;/h4-7,13H,3,8-10H2,1-2H3;1H/p-1. The Bertz CT molecular complexity index is 266. The molecule has 0 aromatic heterocycles. The third kappa shape index (κ3) is 6.38. The first kappa shape index (κ1) is 15.8. The molecule has 0 spiro atoms. The predicted molar refractivity (Wildman–Crippen MR) is 66.4 cm³/mol. The van der Waals surface area contributed by atoms with E-state index in [1.54, 1.807) is 18.9 Å². The topological polar surface area (TPSA) is 21.3 Å². The quantitative estimate of drug-likeness (QED) is 0.530. The van der Waals surface area contributed by atoms with E-state index in [1.807, 2.05) is 0 Å². The van der Waals surface area contributed by atoms with Gasteiger partial charge in [-0.2, -0.15) is 0 Å². The first-order valence-electron chi connectivity index (χ1n) is 5.19. The second kappa shape index (κ2) is 9.97. The van der Waals surface area contributed by atoms with Crippen LogP contribution < -0.4 is 17.7 Å². The van der Waals surface area contributed by atoms with Gasteiger partial charge in [-0.15, -0.1) is 11.8 Å². The summed E-state index contributed by atoms with van der Waals surface area (Å²) in [5.41, 5.74) is 1.34. The molecule has 0 atom stereocenters. The molecule has 0 heterocycles. The monoisotopic (exact) mass is 260 g/mol. The molecule has 0 amide bonds. The highest BCUT2D eigenvalue weighted by atomic mass is 35.5. The van der Waals surface area contributed by atoms with Crippen molar-refractivity contribution in [3.63, 3.8) is 0 Å². The molecule has 0 saturated carbocycles. The Balaban J connectivity index is 0.00000225. The number of halogens is 1. The number of thioether (sulfide) groups is 1.